The maximum atomic E-state index is 11.3. The van der Waals surface area contributed by atoms with Gasteiger partial charge in [-0.05, 0) is 44.9 Å². The fourth-order valence-electron chi connectivity index (χ4n) is 1.66. The zero-order valence-corrected chi connectivity index (χ0v) is 11.7. The van der Waals surface area contributed by atoms with E-state index in [0.29, 0.717) is 30.1 Å². The van der Waals surface area contributed by atoms with Crippen molar-refractivity contribution < 1.29 is 19.1 Å². The van der Waals surface area contributed by atoms with Gasteiger partial charge in [-0.25, -0.2) is 0 Å². The Morgan fingerprint density at radius 2 is 1.84 bits per heavy atom. The average molecular weight is 264 g/mol. The lowest BCUT2D eigenvalue weighted by atomic mass is 10.1. The van der Waals surface area contributed by atoms with Crippen LogP contribution in [-0.4, -0.2) is 25.3 Å². The minimum absolute atomic E-state index is 0.00805. The second-order valence-corrected chi connectivity index (χ2v) is 4.43. The first-order valence-electron chi connectivity index (χ1n) is 6.36. The van der Waals surface area contributed by atoms with Crippen molar-refractivity contribution in [1.82, 2.24) is 0 Å². The number of carbonyl (C=O) groups is 2. The van der Waals surface area contributed by atoms with Gasteiger partial charge in [0.15, 0.2) is 17.3 Å². The molecule has 0 saturated heterocycles. The van der Waals surface area contributed by atoms with Crippen molar-refractivity contribution in [2.45, 2.75) is 33.1 Å². The van der Waals surface area contributed by atoms with Crippen LogP contribution in [0.4, 0.5) is 0 Å². The van der Waals surface area contributed by atoms with Crippen LogP contribution in [0.2, 0.25) is 0 Å². The number of benzene rings is 1. The number of methoxy groups -OCH3 is 1. The van der Waals surface area contributed by atoms with Gasteiger partial charge < -0.3 is 14.3 Å². The normalized spacial score (nSPS) is 10.1. The summed E-state index contributed by atoms with van der Waals surface area (Å²) in [6.07, 6.45) is 2.23. The van der Waals surface area contributed by atoms with E-state index in [1.165, 1.54) is 6.92 Å². The highest BCUT2D eigenvalue weighted by atomic mass is 16.5. The van der Waals surface area contributed by atoms with E-state index in [2.05, 4.69) is 0 Å². The summed E-state index contributed by atoms with van der Waals surface area (Å²) < 4.78 is 10.8. The van der Waals surface area contributed by atoms with Crippen molar-refractivity contribution in [1.29, 1.82) is 0 Å². The number of unbranched alkanes of at least 4 members (excludes halogenated alkanes) is 1. The first-order valence-corrected chi connectivity index (χ1v) is 6.36. The van der Waals surface area contributed by atoms with Gasteiger partial charge in [0.25, 0.3) is 0 Å². The van der Waals surface area contributed by atoms with Gasteiger partial charge in [0.05, 0.1) is 13.7 Å². The molecule has 1 aromatic carbocycles. The van der Waals surface area contributed by atoms with Crippen molar-refractivity contribution in [2.75, 3.05) is 13.7 Å². The quantitative estimate of drug-likeness (QED) is 0.535. The van der Waals surface area contributed by atoms with Gasteiger partial charge >= 0.3 is 0 Å². The Labute approximate surface area is 113 Å². The maximum absolute atomic E-state index is 11.3. The monoisotopic (exact) mass is 264 g/mol. The molecule has 1 rings (SSSR count). The zero-order valence-electron chi connectivity index (χ0n) is 11.7. The number of hydrogen-bond acceptors (Lipinski definition) is 4. The second kappa shape index (κ2) is 7.56. The first kappa shape index (κ1) is 15.2. The predicted molar refractivity (Wildman–Crippen MR) is 73.0 cm³/mol. The summed E-state index contributed by atoms with van der Waals surface area (Å²) in [7, 11) is 1.54. The number of ketones is 2. The molecule has 0 bridgehead atoms. The first-order chi connectivity index (χ1) is 9.04. The van der Waals surface area contributed by atoms with Crippen molar-refractivity contribution in [3.05, 3.63) is 23.8 Å². The maximum Gasteiger partial charge on any atom is 0.161 e. The number of Topliss-reactive ketones (excluding diaryl/α,β-unsaturated/α-hetero) is 2. The Hall–Kier alpha value is -1.84. The van der Waals surface area contributed by atoms with Crippen LogP contribution in [-0.2, 0) is 4.79 Å². The van der Waals surface area contributed by atoms with Crippen LogP contribution in [0.5, 0.6) is 11.5 Å². The molecule has 0 amide bonds. The molecule has 0 saturated carbocycles. The van der Waals surface area contributed by atoms with E-state index >= 15 is 0 Å². The predicted octanol–water partition coefficient (Wildman–Crippen LogP) is 3.04. The Balaban J connectivity index is 2.53. The van der Waals surface area contributed by atoms with Crippen molar-refractivity contribution in [3.8, 4) is 11.5 Å². The fourth-order valence-corrected chi connectivity index (χ4v) is 1.66. The minimum Gasteiger partial charge on any atom is -0.493 e. The lowest BCUT2D eigenvalue weighted by molar-refractivity contribution is -0.117. The van der Waals surface area contributed by atoms with E-state index in [1.807, 2.05) is 0 Å². The van der Waals surface area contributed by atoms with Crippen LogP contribution in [0.3, 0.4) is 0 Å². The van der Waals surface area contributed by atoms with E-state index in [4.69, 9.17) is 9.47 Å². The van der Waals surface area contributed by atoms with Gasteiger partial charge in [0, 0.05) is 12.0 Å². The van der Waals surface area contributed by atoms with Gasteiger partial charge in [-0.2, -0.15) is 0 Å². The molecule has 0 aliphatic rings. The molecular formula is C15H20O4. The Morgan fingerprint density at radius 3 is 2.42 bits per heavy atom. The van der Waals surface area contributed by atoms with E-state index < -0.39 is 0 Å². The molecule has 4 nitrogen and oxygen atoms in total. The molecule has 0 aliphatic carbocycles. The summed E-state index contributed by atoms with van der Waals surface area (Å²) in [5.74, 6) is 1.37. The molecular weight excluding hydrogens is 244 g/mol. The largest absolute Gasteiger partial charge is 0.493 e. The molecule has 4 heteroatoms. The standard InChI is InChI=1S/C15H20O4/c1-11(16)6-4-5-9-19-14-8-7-13(12(2)17)10-15(14)18-3/h7-8,10H,4-6,9H2,1-3H3. The summed E-state index contributed by atoms with van der Waals surface area (Å²) in [6.45, 7) is 3.63. The van der Waals surface area contributed by atoms with E-state index in [9.17, 15) is 9.59 Å². The van der Waals surface area contributed by atoms with Crippen molar-refractivity contribution in [2.24, 2.45) is 0 Å². The van der Waals surface area contributed by atoms with Gasteiger partial charge in [-0.3, -0.25) is 4.79 Å². The van der Waals surface area contributed by atoms with Crippen LogP contribution >= 0.6 is 0 Å². The van der Waals surface area contributed by atoms with E-state index in [0.717, 1.165) is 12.8 Å². The summed E-state index contributed by atoms with van der Waals surface area (Å²) in [5, 5.41) is 0. The van der Waals surface area contributed by atoms with Crippen LogP contribution in [0.1, 0.15) is 43.5 Å². The molecule has 0 heterocycles. The molecule has 0 spiro atoms. The Bertz CT molecular complexity index is 451. The Morgan fingerprint density at radius 1 is 1.11 bits per heavy atom. The third-order valence-corrected chi connectivity index (χ3v) is 2.75. The number of rotatable bonds is 8. The van der Waals surface area contributed by atoms with Crippen LogP contribution in [0.25, 0.3) is 0 Å². The Kier molecular flexibility index (Phi) is 6.06. The second-order valence-electron chi connectivity index (χ2n) is 4.43. The summed E-state index contributed by atoms with van der Waals surface area (Å²) in [4.78, 5) is 22.0. The molecule has 0 atom stereocenters. The smallest absolute Gasteiger partial charge is 0.161 e. The third kappa shape index (κ3) is 5.12. The third-order valence-electron chi connectivity index (χ3n) is 2.75. The van der Waals surface area contributed by atoms with Gasteiger partial charge in [0.1, 0.15) is 5.78 Å². The molecule has 0 N–H and O–H groups in total. The lowest BCUT2D eigenvalue weighted by Gasteiger charge is -2.11. The number of hydrogen-bond donors (Lipinski definition) is 0. The van der Waals surface area contributed by atoms with E-state index in [-0.39, 0.29) is 11.6 Å². The highest BCUT2D eigenvalue weighted by Crippen LogP contribution is 2.28. The highest BCUT2D eigenvalue weighted by Gasteiger charge is 2.08. The molecule has 1 aromatic rings. The lowest BCUT2D eigenvalue weighted by Crippen LogP contribution is -2.02. The van der Waals surface area contributed by atoms with Crippen LogP contribution < -0.4 is 9.47 Å². The molecule has 0 aromatic heterocycles. The van der Waals surface area contributed by atoms with Crippen molar-refractivity contribution in [3.63, 3.8) is 0 Å². The topological polar surface area (TPSA) is 52.6 Å². The number of carbonyl (C=O) groups excluding carboxylic acids is 2. The van der Waals surface area contributed by atoms with Crippen molar-refractivity contribution >= 4 is 11.6 Å². The minimum atomic E-state index is -0.00805. The molecule has 0 radical (unpaired) electrons. The van der Waals surface area contributed by atoms with Crippen LogP contribution in [0.15, 0.2) is 18.2 Å². The number of ether oxygens (including phenoxy) is 2. The fraction of sp³-hybridized carbons (Fsp3) is 0.467. The van der Waals surface area contributed by atoms with E-state index in [1.54, 1.807) is 32.2 Å². The van der Waals surface area contributed by atoms with Gasteiger partial charge in [-0.15, -0.1) is 0 Å². The highest BCUT2D eigenvalue weighted by molar-refractivity contribution is 5.94. The summed E-state index contributed by atoms with van der Waals surface area (Å²) >= 11 is 0. The molecule has 0 aliphatic heterocycles. The van der Waals surface area contributed by atoms with Crippen LogP contribution in [0, 0.1) is 0 Å². The molecule has 104 valence electrons. The van der Waals surface area contributed by atoms with Gasteiger partial charge in [-0.1, -0.05) is 0 Å². The summed E-state index contributed by atoms with van der Waals surface area (Å²) in [6, 6.07) is 5.13. The molecule has 19 heavy (non-hydrogen) atoms. The SMILES string of the molecule is COc1cc(C(C)=O)ccc1OCCCCC(C)=O. The average Bonchev–Trinajstić information content (AvgIpc) is 2.37. The summed E-state index contributed by atoms with van der Waals surface area (Å²) in [5.41, 5.74) is 0.598. The molecule has 0 fully saturated rings. The van der Waals surface area contributed by atoms with Gasteiger partial charge in [0.2, 0.25) is 0 Å². The zero-order chi connectivity index (χ0) is 14.3. The molecule has 0 unspecified atom stereocenters.